The standard InChI is InChI=1S/C15H18N2O3S/c1-10(8-18)17(2)15(19)12-9-21-14(16-12)11-6-4-5-7-13(11)20-3/h4-7,9-10,18H,8H2,1-3H3. The van der Waals surface area contributed by atoms with Crippen LogP contribution in [0.3, 0.4) is 0 Å². The van der Waals surface area contributed by atoms with Crippen molar-refractivity contribution < 1.29 is 14.6 Å². The van der Waals surface area contributed by atoms with Gasteiger partial charge in [0, 0.05) is 12.4 Å². The fourth-order valence-electron chi connectivity index (χ4n) is 1.82. The molecular weight excluding hydrogens is 288 g/mol. The van der Waals surface area contributed by atoms with Gasteiger partial charge in [0.25, 0.3) is 5.91 Å². The van der Waals surface area contributed by atoms with Crippen LogP contribution >= 0.6 is 11.3 Å². The van der Waals surface area contributed by atoms with Crippen LogP contribution in [0.15, 0.2) is 29.6 Å². The van der Waals surface area contributed by atoms with Gasteiger partial charge in [-0.05, 0) is 19.1 Å². The second-order valence-corrected chi connectivity index (χ2v) is 5.54. The first kappa shape index (κ1) is 15.5. The zero-order valence-corrected chi connectivity index (χ0v) is 13.1. The molecule has 0 saturated carbocycles. The highest BCUT2D eigenvalue weighted by Crippen LogP contribution is 2.32. The van der Waals surface area contributed by atoms with E-state index in [-0.39, 0.29) is 18.6 Å². The number of ether oxygens (including phenoxy) is 1. The molecule has 0 spiro atoms. The first-order valence-electron chi connectivity index (χ1n) is 6.55. The van der Waals surface area contributed by atoms with Gasteiger partial charge in [-0.1, -0.05) is 12.1 Å². The Labute approximate surface area is 127 Å². The Kier molecular flexibility index (Phi) is 4.93. The lowest BCUT2D eigenvalue weighted by Gasteiger charge is -2.21. The summed E-state index contributed by atoms with van der Waals surface area (Å²) in [6, 6.07) is 7.32. The highest BCUT2D eigenvalue weighted by molar-refractivity contribution is 7.13. The van der Waals surface area contributed by atoms with Crippen LogP contribution in [0.25, 0.3) is 10.6 Å². The number of nitrogens with zero attached hydrogens (tertiary/aromatic N) is 2. The van der Waals surface area contributed by atoms with E-state index in [1.54, 1.807) is 26.5 Å². The fraction of sp³-hybridized carbons (Fsp3) is 0.333. The fourth-order valence-corrected chi connectivity index (χ4v) is 2.64. The highest BCUT2D eigenvalue weighted by Gasteiger charge is 2.20. The number of benzene rings is 1. The van der Waals surface area contributed by atoms with Gasteiger partial charge >= 0.3 is 0 Å². The van der Waals surface area contributed by atoms with Gasteiger partial charge < -0.3 is 14.7 Å². The predicted molar refractivity (Wildman–Crippen MR) is 82.7 cm³/mol. The average molecular weight is 306 g/mol. The lowest BCUT2D eigenvalue weighted by atomic mass is 10.2. The van der Waals surface area contributed by atoms with Crippen LogP contribution in [0.2, 0.25) is 0 Å². The minimum absolute atomic E-state index is 0.0776. The first-order chi connectivity index (χ1) is 10.1. The predicted octanol–water partition coefficient (Wildman–Crippen LogP) is 2.27. The second-order valence-electron chi connectivity index (χ2n) is 4.69. The van der Waals surface area contributed by atoms with Gasteiger partial charge in [-0.25, -0.2) is 4.98 Å². The summed E-state index contributed by atoms with van der Waals surface area (Å²) >= 11 is 1.40. The molecule has 0 aliphatic carbocycles. The summed E-state index contributed by atoms with van der Waals surface area (Å²) in [4.78, 5) is 18.2. The number of aliphatic hydroxyl groups is 1. The van der Waals surface area contributed by atoms with Gasteiger partial charge in [-0.3, -0.25) is 4.79 Å². The number of thiazole rings is 1. The van der Waals surface area contributed by atoms with E-state index in [9.17, 15) is 4.79 Å². The molecule has 2 aromatic rings. The van der Waals surface area contributed by atoms with E-state index < -0.39 is 0 Å². The topological polar surface area (TPSA) is 62.7 Å². The molecular formula is C15H18N2O3S. The van der Waals surface area contributed by atoms with Crippen LogP contribution in [0.4, 0.5) is 0 Å². The van der Waals surface area contributed by atoms with Crippen molar-refractivity contribution in [1.82, 2.24) is 9.88 Å². The molecule has 21 heavy (non-hydrogen) atoms. The number of methoxy groups -OCH3 is 1. The van der Waals surface area contributed by atoms with Crippen molar-refractivity contribution in [3.63, 3.8) is 0 Å². The monoisotopic (exact) mass is 306 g/mol. The van der Waals surface area contributed by atoms with Crippen molar-refractivity contribution in [2.75, 3.05) is 20.8 Å². The zero-order valence-electron chi connectivity index (χ0n) is 12.2. The summed E-state index contributed by atoms with van der Waals surface area (Å²) in [6.07, 6.45) is 0. The van der Waals surface area contributed by atoms with Gasteiger partial charge in [0.2, 0.25) is 0 Å². The minimum atomic E-state index is -0.242. The van der Waals surface area contributed by atoms with Crippen LogP contribution < -0.4 is 4.74 Å². The molecule has 1 aromatic carbocycles. The van der Waals surface area contributed by atoms with Gasteiger partial charge in [0.1, 0.15) is 16.5 Å². The van der Waals surface area contributed by atoms with Gasteiger partial charge in [0.15, 0.2) is 0 Å². The van der Waals surface area contributed by atoms with Gasteiger partial charge in [0.05, 0.1) is 25.3 Å². The Morgan fingerprint density at radius 3 is 2.86 bits per heavy atom. The van der Waals surface area contributed by atoms with Crippen LogP contribution in [-0.2, 0) is 0 Å². The number of hydrogen-bond donors (Lipinski definition) is 1. The second kappa shape index (κ2) is 6.69. The van der Waals surface area contributed by atoms with E-state index in [0.29, 0.717) is 5.69 Å². The third-order valence-corrected chi connectivity index (χ3v) is 4.18. The first-order valence-corrected chi connectivity index (χ1v) is 7.43. The highest BCUT2D eigenvalue weighted by atomic mass is 32.1. The molecule has 1 heterocycles. The summed E-state index contributed by atoms with van der Waals surface area (Å²) < 4.78 is 5.31. The molecule has 1 atom stereocenters. The SMILES string of the molecule is COc1ccccc1-c1nc(C(=O)N(C)C(C)CO)cs1. The van der Waals surface area contributed by atoms with Crippen LogP contribution in [0.5, 0.6) is 5.75 Å². The van der Waals surface area contributed by atoms with E-state index in [4.69, 9.17) is 9.84 Å². The molecule has 6 heteroatoms. The third-order valence-electron chi connectivity index (χ3n) is 3.31. The lowest BCUT2D eigenvalue weighted by Crippen LogP contribution is -2.37. The molecule has 1 unspecified atom stereocenters. The molecule has 112 valence electrons. The van der Waals surface area contributed by atoms with Crippen molar-refractivity contribution in [3.05, 3.63) is 35.3 Å². The Hall–Kier alpha value is -1.92. The third kappa shape index (κ3) is 3.22. The maximum Gasteiger partial charge on any atom is 0.273 e. The normalized spacial score (nSPS) is 12.0. The molecule has 1 amide bonds. The summed E-state index contributed by atoms with van der Waals surface area (Å²) in [5, 5.41) is 11.6. The molecule has 1 N–H and O–H groups in total. The lowest BCUT2D eigenvalue weighted by molar-refractivity contribution is 0.0677. The number of amides is 1. The van der Waals surface area contributed by atoms with E-state index in [2.05, 4.69) is 4.98 Å². The molecule has 2 rings (SSSR count). The van der Waals surface area contributed by atoms with Crippen molar-refractivity contribution in [2.45, 2.75) is 13.0 Å². The van der Waals surface area contributed by atoms with E-state index in [0.717, 1.165) is 16.3 Å². The number of aliphatic hydroxyl groups excluding tert-OH is 1. The minimum Gasteiger partial charge on any atom is -0.496 e. The van der Waals surface area contributed by atoms with E-state index >= 15 is 0 Å². The van der Waals surface area contributed by atoms with Crippen LogP contribution in [0.1, 0.15) is 17.4 Å². The summed E-state index contributed by atoms with van der Waals surface area (Å²) in [6.45, 7) is 1.71. The molecule has 0 radical (unpaired) electrons. The molecule has 0 saturated heterocycles. The quantitative estimate of drug-likeness (QED) is 0.920. The number of carbonyl (C=O) groups excluding carboxylic acids is 1. The molecule has 1 aromatic heterocycles. The van der Waals surface area contributed by atoms with E-state index in [1.165, 1.54) is 16.2 Å². The van der Waals surface area contributed by atoms with Crippen molar-refractivity contribution in [1.29, 1.82) is 0 Å². The van der Waals surface area contributed by atoms with Crippen molar-refractivity contribution in [2.24, 2.45) is 0 Å². The molecule has 5 nitrogen and oxygen atoms in total. The Bertz CT molecular complexity index is 627. The molecule has 0 bridgehead atoms. The summed E-state index contributed by atoms with van der Waals surface area (Å²) in [7, 11) is 3.26. The number of hydrogen-bond acceptors (Lipinski definition) is 5. The number of rotatable bonds is 5. The average Bonchev–Trinajstić information content (AvgIpc) is 3.02. The molecule has 0 fully saturated rings. The van der Waals surface area contributed by atoms with Gasteiger partial charge in [-0.2, -0.15) is 0 Å². The van der Waals surface area contributed by atoms with Crippen molar-refractivity contribution in [3.8, 4) is 16.3 Å². The maximum atomic E-state index is 12.3. The summed E-state index contributed by atoms with van der Waals surface area (Å²) in [5.41, 5.74) is 1.24. The number of likely N-dealkylation sites (N-methyl/N-ethyl adjacent to an activating group) is 1. The number of carbonyl (C=O) groups is 1. The smallest absolute Gasteiger partial charge is 0.273 e. The number of para-hydroxylation sites is 1. The van der Waals surface area contributed by atoms with Crippen molar-refractivity contribution >= 4 is 17.2 Å². The van der Waals surface area contributed by atoms with Gasteiger partial charge in [-0.15, -0.1) is 11.3 Å². The molecule has 0 aliphatic heterocycles. The zero-order chi connectivity index (χ0) is 15.4. The van der Waals surface area contributed by atoms with E-state index in [1.807, 2.05) is 24.3 Å². The van der Waals surface area contributed by atoms with Crippen LogP contribution in [0, 0.1) is 0 Å². The van der Waals surface area contributed by atoms with Crippen LogP contribution in [-0.4, -0.2) is 47.7 Å². The Morgan fingerprint density at radius 2 is 2.19 bits per heavy atom. The summed E-state index contributed by atoms with van der Waals surface area (Å²) in [5.74, 6) is 0.525. The number of aromatic nitrogens is 1. The Morgan fingerprint density at radius 1 is 1.48 bits per heavy atom. The molecule has 0 aliphatic rings. The largest absolute Gasteiger partial charge is 0.496 e. The maximum absolute atomic E-state index is 12.3. The Balaban J connectivity index is 2.28.